The molecule has 39 heavy (non-hydrogen) atoms. The van der Waals surface area contributed by atoms with Gasteiger partial charge in [-0.25, -0.2) is 24.0 Å². The second-order valence-electron chi connectivity index (χ2n) is 10.6. The zero-order valence-electron chi connectivity index (χ0n) is 21.8. The number of hydrogen-bond donors (Lipinski definition) is 0. The van der Waals surface area contributed by atoms with Gasteiger partial charge in [-0.1, -0.05) is 6.58 Å². The lowest BCUT2D eigenvalue weighted by molar-refractivity contribution is -0.126. The summed E-state index contributed by atoms with van der Waals surface area (Å²) in [5.74, 6) is 0.0973. The predicted molar refractivity (Wildman–Crippen MR) is 144 cm³/mol. The van der Waals surface area contributed by atoms with Crippen LogP contribution in [-0.2, 0) is 17.4 Å². The van der Waals surface area contributed by atoms with E-state index in [0.717, 1.165) is 35.0 Å². The number of fused-ring (bicyclic) bond motifs is 3. The molecule has 8 rings (SSSR count). The van der Waals surface area contributed by atoms with E-state index in [-0.39, 0.29) is 23.2 Å². The lowest BCUT2D eigenvalue weighted by Gasteiger charge is -2.37. The van der Waals surface area contributed by atoms with Gasteiger partial charge in [-0.15, -0.1) is 0 Å². The highest BCUT2D eigenvalue weighted by atomic mass is 19.1. The first-order valence-corrected chi connectivity index (χ1v) is 12.8. The Kier molecular flexibility index (Phi) is 4.94. The minimum atomic E-state index is -0.492. The minimum Gasteiger partial charge on any atom is -0.454 e. The van der Waals surface area contributed by atoms with Crippen molar-refractivity contribution >= 4 is 28.0 Å². The van der Waals surface area contributed by atoms with Gasteiger partial charge >= 0.3 is 0 Å². The molecule has 9 nitrogen and oxygen atoms in total. The predicted octanol–water partition coefficient (Wildman–Crippen LogP) is 4.81. The molecule has 0 atom stereocenters. The summed E-state index contributed by atoms with van der Waals surface area (Å²) in [5.41, 5.74) is 4.69. The third-order valence-corrected chi connectivity index (χ3v) is 8.12. The van der Waals surface area contributed by atoms with Crippen molar-refractivity contribution in [1.29, 1.82) is 0 Å². The summed E-state index contributed by atoms with van der Waals surface area (Å²) in [6.07, 6.45) is 6.21. The molecule has 3 fully saturated rings. The van der Waals surface area contributed by atoms with Crippen molar-refractivity contribution in [1.82, 2.24) is 34.2 Å². The van der Waals surface area contributed by atoms with E-state index >= 15 is 4.39 Å². The molecule has 1 amide bonds. The number of rotatable bonds is 5. The fourth-order valence-electron chi connectivity index (χ4n) is 6.15. The van der Waals surface area contributed by atoms with Crippen LogP contribution in [-0.4, -0.2) is 52.7 Å². The van der Waals surface area contributed by atoms with Crippen LogP contribution in [0.4, 0.5) is 4.39 Å². The van der Waals surface area contributed by atoms with Crippen LogP contribution in [0.15, 0.2) is 55.6 Å². The zero-order valence-corrected chi connectivity index (χ0v) is 21.8. The van der Waals surface area contributed by atoms with Crippen LogP contribution in [0.3, 0.4) is 0 Å². The third-order valence-electron chi connectivity index (χ3n) is 8.12. The molecular formula is C29H26FN7O2. The van der Waals surface area contributed by atoms with E-state index in [1.165, 1.54) is 18.5 Å². The highest BCUT2D eigenvalue weighted by Gasteiger charge is 2.59. The molecule has 5 heterocycles. The van der Waals surface area contributed by atoms with Crippen molar-refractivity contribution in [2.24, 2.45) is 7.05 Å². The van der Waals surface area contributed by atoms with E-state index < -0.39 is 5.82 Å². The normalized spacial score (nSPS) is 20.0. The van der Waals surface area contributed by atoms with Gasteiger partial charge in [-0.2, -0.15) is 5.10 Å². The molecule has 0 unspecified atom stereocenters. The summed E-state index contributed by atoms with van der Waals surface area (Å²) in [7, 11) is 1.92. The van der Waals surface area contributed by atoms with Gasteiger partial charge in [0.1, 0.15) is 17.8 Å². The number of ether oxygens (including phenoxy) is 1. The number of aryl methyl sites for hydroxylation is 3. The van der Waals surface area contributed by atoms with E-state index in [1.807, 2.05) is 47.2 Å². The molecule has 3 aliphatic rings. The second-order valence-corrected chi connectivity index (χ2v) is 10.6. The van der Waals surface area contributed by atoms with E-state index in [4.69, 9.17) is 9.84 Å². The van der Waals surface area contributed by atoms with Gasteiger partial charge in [0.2, 0.25) is 5.91 Å². The molecule has 0 N–H and O–H groups in total. The molecular weight excluding hydrogens is 497 g/mol. The van der Waals surface area contributed by atoms with E-state index in [9.17, 15) is 4.79 Å². The first-order chi connectivity index (χ1) is 18.8. The Morgan fingerprint density at radius 3 is 2.77 bits per heavy atom. The van der Waals surface area contributed by atoms with Crippen LogP contribution in [0.1, 0.15) is 24.1 Å². The highest BCUT2D eigenvalue weighted by Crippen LogP contribution is 2.51. The van der Waals surface area contributed by atoms with E-state index in [2.05, 4.69) is 21.5 Å². The van der Waals surface area contributed by atoms with Crippen molar-refractivity contribution in [3.63, 3.8) is 0 Å². The molecule has 3 aromatic heterocycles. The largest absolute Gasteiger partial charge is 0.454 e. The fourth-order valence-corrected chi connectivity index (χ4v) is 6.15. The van der Waals surface area contributed by atoms with Crippen molar-refractivity contribution in [2.45, 2.75) is 38.3 Å². The smallest absolute Gasteiger partial charge is 0.246 e. The minimum absolute atomic E-state index is 0.0719. The van der Waals surface area contributed by atoms with Crippen LogP contribution < -0.4 is 4.74 Å². The average molecular weight is 524 g/mol. The summed E-state index contributed by atoms with van der Waals surface area (Å²) in [6.45, 7) is 7.90. The Morgan fingerprint density at radius 1 is 1.18 bits per heavy atom. The molecule has 0 spiro atoms. The van der Waals surface area contributed by atoms with Crippen molar-refractivity contribution < 1.29 is 13.9 Å². The topological polar surface area (TPSA) is 91.0 Å². The van der Waals surface area contributed by atoms with Gasteiger partial charge in [0.05, 0.1) is 34.0 Å². The maximum Gasteiger partial charge on any atom is 0.246 e. The molecule has 10 heteroatoms. The maximum absolute atomic E-state index is 15.6. The Balaban J connectivity index is 1.29. The number of carbonyl (C=O) groups is 1. The number of hydrogen-bond acceptors (Lipinski definition) is 6. The second kappa shape index (κ2) is 8.20. The lowest BCUT2D eigenvalue weighted by atomic mass is 9.78. The van der Waals surface area contributed by atoms with Crippen LogP contribution in [0.2, 0.25) is 0 Å². The van der Waals surface area contributed by atoms with Gasteiger partial charge in [0.15, 0.2) is 17.2 Å². The van der Waals surface area contributed by atoms with E-state index in [0.29, 0.717) is 34.8 Å². The summed E-state index contributed by atoms with van der Waals surface area (Å²) in [6, 6.07) is 8.99. The molecule has 196 valence electrons. The summed E-state index contributed by atoms with van der Waals surface area (Å²) >= 11 is 0. The zero-order chi connectivity index (χ0) is 27.1. The standard InChI is InChI=1S/C29H26FN7O2/c1-5-24(38)36-13-29(11-19(36)12-29)37-28-25(17(3)31-14-32-28)26(34-37)18-8-16(2)27(21(30)9-18)39-20-6-7-23-22(10-20)33-15-35(23)4/h5-10,14-15,19H,1,11-13H2,2-4H3. The molecule has 5 aromatic rings. The van der Waals surface area contributed by atoms with Gasteiger partial charge in [0.25, 0.3) is 0 Å². The lowest BCUT2D eigenvalue weighted by Crippen LogP contribution is -2.44. The van der Waals surface area contributed by atoms with Gasteiger partial charge < -0.3 is 14.2 Å². The van der Waals surface area contributed by atoms with Crippen molar-refractivity contribution in [3.05, 3.63) is 72.7 Å². The fraction of sp³-hybridized carbons (Fsp3) is 0.276. The summed E-state index contributed by atoms with van der Waals surface area (Å²) in [4.78, 5) is 27.6. The van der Waals surface area contributed by atoms with Crippen LogP contribution >= 0.6 is 0 Å². The Morgan fingerprint density at radius 2 is 2.00 bits per heavy atom. The maximum atomic E-state index is 15.6. The molecule has 2 bridgehead atoms. The Hall–Kier alpha value is -4.60. The quantitative estimate of drug-likeness (QED) is 0.307. The first-order valence-electron chi connectivity index (χ1n) is 12.8. The number of amides is 1. The third kappa shape index (κ3) is 3.40. The number of aromatic nitrogens is 6. The van der Waals surface area contributed by atoms with Crippen LogP contribution in [0.25, 0.3) is 33.3 Å². The monoisotopic (exact) mass is 523 g/mol. The Labute approximate surface area is 223 Å². The number of halogens is 1. The molecule has 1 saturated carbocycles. The van der Waals surface area contributed by atoms with Crippen LogP contribution in [0.5, 0.6) is 11.5 Å². The number of nitrogens with zero attached hydrogens (tertiary/aromatic N) is 7. The average Bonchev–Trinajstić information content (AvgIpc) is 3.66. The Bertz CT molecular complexity index is 1810. The summed E-state index contributed by atoms with van der Waals surface area (Å²) < 4.78 is 25.4. The number of carbonyl (C=O) groups excluding carboxylic acids is 1. The highest BCUT2D eigenvalue weighted by molar-refractivity contribution is 5.93. The van der Waals surface area contributed by atoms with Gasteiger partial charge in [-0.3, -0.25) is 4.79 Å². The molecule has 2 aromatic carbocycles. The first kappa shape index (κ1) is 23.5. The molecule has 2 saturated heterocycles. The van der Waals surface area contributed by atoms with E-state index in [1.54, 1.807) is 18.5 Å². The molecule has 2 aliphatic heterocycles. The number of imidazole rings is 1. The summed E-state index contributed by atoms with van der Waals surface area (Å²) in [5, 5.41) is 5.77. The SMILES string of the molecule is C=CC(=O)N1CC2(n3nc(-c4cc(C)c(Oc5ccc6c(c5)ncn6C)c(F)c4)c4c(C)ncnc43)CC1C2. The van der Waals surface area contributed by atoms with Crippen molar-refractivity contribution in [3.8, 4) is 22.8 Å². The molecule has 0 radical (unpaired) electrons. The van der Waals surface area contributed by atoms with Crippen molar-refractivity contribution in [2.75, 3.05) is 6.54 Å². The van der Waals surface area contributed by atoms with Gasteiger partial charge in [0, 0.05) is 31.3 Å². The van der Waals surface area contributed by atoms with Gasteiger partial charge in [-0.05, 0) is 62.6 Å². The molecule has 1 aliphatic carbocycles. The number of benzene rings is 2. The van der Waals surface area contributed by atoms with Crippen LogP contribution in [0, 0.1) is 19.7 Å².